The molecule has 114 valence electrons. The number of ether oxygens (including phenoxy) is 1. The summed E-state index contributed by atoms with van der Waals surface area (Å²) in [4.78, 5) is 1.11. The maximum Gasteiger partial charge on any atom is 0.132 e. The minimum absolute atomic E-state index is 0.453. The summed E-state index contributed by atoms with van der Waals surface area (Å²) in [7, 11) is 3.69. The van der Waals surface area contributed by atoms with Gasteiger partial charge < -0.3 is 10.1 Å². The van der Waals surface area contributed by atoms with Crippen molar-refractivity contribution in [3.05, 3.63) is 35.5 Å². The van der Waals surface area contributed by atoms with Crippen LogP contribution in [0.3, 0.4) is 0 Å². The van der Waals surface area contributed by atoms with Crippen molar-refractivity contribution in [2.24, 2.45) is 7.05 Å². The maximum atomic E-state index is 5.44. The highest BCUT2D eigenvalue weighted by atomic mass is 32.2. The summed E-state index contributed by atoms with van der Waals surface area (Å²) in [6, 6.07) is 8.52. The number of nitrogens with zero attached hydrogens (tertiary/aromatic N) is 2. The molecule has 0 fully saturated rings. The number of methoxy groups -OCH3 is 1. The average molecular weight is 305 g/mol. The monoisotopic (exact) mass is 305 g/mol. The van der Waals surface area contributed by atoms with E-state index in [1.54, 1.807) is 18.9 Å². The fourth-order valence-electron chi connectivity index (χ4n) is 2.13. The maximum absolute atomic E-state index is 5.44. The first kappa shape index (κ1) is 15.9. The van der Waals surface area contributed by atoms with Crippen LogP contribution < -0.4 is 10.1 Å². The third kappa shape index (κ3) is 3.80. The molecule has 0 spiro atoms. The van der Waals surface area contributed by atoms with Crippen molar-refractivity contribution in [1.29, 1.82) is 0 Å². The number of hydrogen-bond acceptors (Lipinski definition) is 4. The Morgan fingerprint density at radius 3 is 2.71 bits per heavy atom. The molecule has 1 aromatic heterocycles. The van der Waals surface area contributed by atoms with Gasteiger partial charge in [0.05, 0.1) is 17.7 Å². The molecule has 0 amide bonds. The van der Waals surface area contributed by atoms with Gasteiger partial charge in [0.1, 0.15) is 10.8 Å². The Morgan fingerprint density at radius 1 is 1.33 bits per heavy atom. The zero-order chi connectivity index (χ0) is 15.4. The van der Waals surface area contributed by atoms with E-state index in [1.165, 1.54) is 5.56 Å². The van der Waals surface area contributed by atoms with Crippen LogP contribution in [-0.4, -0.2) is 22.9 Å². The van der Waals surface area contributed by atoms with Gasteiger partial charge in [0.2, 0.25) is 0 Å². The van der Waals surface area contributed by atoms with Crippen molar-refractivity contribution < 1.29 is 4.74 Å². The molecule has 1 aromatic carbocycles. The summed E-state index contributed by atoms with van der Waals surface area (Å²) in [5.41, 5.74) is 2.32. The third-order valence-electron chi connectivity index (χ3n) is 3.25. The van der Waals surface area contributed by atoms with E-state index in [0.29, 0.717) is 6.04 Å². The Balaban J connectivity index is 2.30. The zero-order valence-electron chi connectivity index (χ0n) is 13.3. The van der Waals surface area contributed by atoms with E-state index in [0.717, 1.165) is 27.9 Å². The molecule has 1 heterocycles. The van der Waals surface area contributed by atoms with Gasteiger partial charge in [0, 0.05) is 25.2 Å². The Hall–Kier alpha value is -1.46. The highest BCUT2D eigenvalue weighted by molar-refractivity contribution is 7.99. The number of hydrogen-bond donors (Lipinski definition) is 1. The third-order valence-corrected chi connectivity index (χ3v) is 4.51. The molecule has 0 radical (unpaired) electrons. The zero-order valence-corrected chi connectivity index (χ0v) is 14.1. The molecule has 0 atom stereocenters. The van der Waals surface area contributed by atoms with Crippen LogP contribution >= 0.6 is 11.8 Å². The van der Waals surface area contributed by atoms with Gasteiger partial charge >= 0.3 is 0 Å². The topological polar surface area (TPSA) is 39.1 Å². The van der Waals surface area contributed by atoms with Gasteiger partial charge in [-0.05, 0) is 19.1 Å². The largest absolute Gasteiger partial charge is 0.496 e. The van der Waals surface area contributed by atoms with Crippen LogP contribution in [0.4, 0.5) is 0 Å². The lowest BCUT2D eigenvalue weighted by molar-refractivity contribution is 0.404. The average Bonchev–Trinajstić information content (AvgIpc) is 2.71. The number of aromatic nitrogens is 2. The van der Waals surface area contributed by atoms with Crippen molar-refractivity contribution in [3.63, 3.8) is 0 Å². The van der Waals surface area contributed by atoms with E-state index in [1.807, 2.05) is 29.9 Å². The van der Waals surface area contributed by atoms with Crippen LogP contribution in [0.2, 0.25) is 0 Å². The van der Waals surface area contributed by atoms with Crippen LogP contribution in [0, 0.1) is 6.92 Å². The van der Waals surface area contributed by atoms with Crippen molar-refractivity contribution in [1.82, 2.24) is 15.1 Å². The predicted octanol–water partition coefficient (Wildman–Crippen LogP) is 3.39. The molecular formula is C16H23N3OS. The first-order valence-electron chi connectivity index (χ1n) is 7.09. The molecule has 0 saturated carbocycles. The van der Waals surface area contributed by atoms with E-state index in [9.17, 15) is 0 Å². The summed E-state index contributed by atoms with van der Waals surface area (Å²) < 4.78 is 7.38. The fourth-order valence-corrected chi connectivity index (χ4v) is 3.25. The van der Waals surface area contributed by atoms with Crippen LogP contribution in [0.15, 0.2) is 34.2 Å². The van der Waals surface area contributed by atoms with Crippen molar-refractivity contribution in [2.75, 3.05) is 7.11 Å². The minimum atomic E-state index is 0.453. The predicted molar refractivity (Wildman–Crippen MR) is 87.0 cm³/mol. The first-order chi connectivity index (χ1) is 10.0. The molecule has 0 saturated heterocycles. The molecule has 0 aliphatic heterocycles. The van der Waals surface area contributed by atoms with E-state index in [2.05, 4.69) is 37.3 Å². The van der Waals surface area contributed by atoms with Crippen molar-refractivity contribution >= 4 is 11.8 Å². The van der Waals surface area contributed by atoms with Gasteiger partial charge in [-0.1, -0.05) is 37.7 Å². The van der Waals surface area contributed by atoms with E-state index in [-0.39, 0.29) is 0 Å². The molecule has 0 aliphatic rings. The van der Waals surface area contributed by atoms with Gasteiger partial charge in [-0.2, -0.15) is 5.10 Å². The molecule has 2 aromatic rings. The molecule has 1 N–H and O–H groups in total. The smallest absolute Gasteiger partial charge is 0.132 e. The fraction of sp³-hybridized carbons (Fsp3) is 0.438. The normalized spacial score (nSPS) is 11.1. The van der Waals surface area contributed by atoms with Crippen LogP contribution in [0.5, 0.6) is 5.75 Å². The minimum Gasteiger partial charge on any atom is -0.496 e. The molecule has 0 bridgehead atoms. The van der Waals surface area contributed by atoms with E-state index in [4.69, 9.17) is 4.74 Å². The summed E-state index contributed by atoms with van der Waals surface area (Å²) in [6.45, 7) is 7.19. The van der Waals surface area contributed by atoms with E-state index >= 15 is 0 Å². The molecule has 4 nitrogen and oxygen atoms in total. The Kier molecular flexibility index (Phi) is 5.31. The summed E-state index contributed by atoms with van der Waals surface area (Å²) in [5, 5.41) is 9.19. The molecule has 5 heteroatoms. The molecule has 0 unspecified atom stereocenters. The number of nitrogens with one attached hydrogen (secondary N) is 1. The standard InChI is InChI=1S/C16H23N3OS/c1-11(2)17-10-13-12(3)18-19(4)16(13)21-15-9-7-6-8-14(15)20-5/h6-9,11,17H,10H2,1-5H3. The number of benzene rings is 1. The number of rotatable bonds is 6. The van der Waals surface area contributed by atoms with Gasteiger partial charge in [0.15, 0.2) is 0 Å². The van der Waals surface area contributed by atoms with Crippen LogP contribution in [-0.2, 0) is 13.6 Å². The van der Waals surface area contributed by atoms with Crippen molar-refractivity contribution in [3.8, 4) is 5.75 Å². The highest BCUT2D eigenvalue weighted by Gasteiger charge is 2.16. The summed E-state index contributed by atoms with van der Waals surface area (Å²) in [6.07, 6.45) is 0. The van der Waals surface area contributed by atoms with Gasteiger partial charge in [-0.3, -0.25) is 4.68 Å². The number of para-hydroxylation sites is 1. The molecule has 21 heavy (non-hydrogen) atoms. The Labute approximate surface area is 130 Å². The van der Waals surface area contributed by atoms with Gasteiger partial charge in [-0.15, -0.1) is 0 Å². The lowest BCUT2D eigenvalue weighted by Crippen LogP contribution is -2.22. The number of aryl methyl sites for hydroxylation is 2. The van der Waals surface area contributed by atoms with Crippen molar-refractivity contribution in [2.45, 2.75) is 43.3 Å². The highest BCUT2D eigenvalue weighted by Crippen LogP contribution is 2.37. The van der Waals surface area contributed by atoms with Crippen LogP contribution in [0.1, 0.15) is 25.1 Å². The second kappa shape index (κ2) is 7.00. The Bertz CT molecular complexity index is 608. The lowest BCUT2D eigenvalue weighted by Gasteiger charge is -2.12. The Morgan fingerprint density at radius 2 is 2.05 bits per heavy atom. The first-order valence-corrected chi connectivity index (χ1v) is 7.91. The van der Waals surface area contributed by atoms with Gasteiger partial charge in [0.25, 0.3) is 0 Å². The van der Waals surface area contributed by atoms with Crippen LogP contribution in [0.25, 0.3) is 0 Å². The summed E-state index contributed by atoms with van der Waals surface area (Å²) in [5.74, 6) is 0.893. The molecule has 0 aliphatic carbocycles. The quantitative estimate of drug-likeness (QED) is 0.888. The summed E-state index contributed by atoms with van der Waals surface area (Å²) >= 11 is 1.70. The molecule has 2 rings (SSSR count). The second-order valence-electron chi connectivity index (χ2n) is 5.28. The van der Waals surface area contributed by atoms with E-state index < -0.39 is 0 Å². The molecular weight excluding hydrogens is 282 g/mol. The lowest BCUT2D eigenvalue weighted by atomic mass is 10.2. The van der Waals surface area contributed by atoms with Gasteiger partial charge in [-0.25, -0.2) is 0 Å². The SMILES string of the molecule is COc1ccccc1Sc1c(CNC(C)C)c(C)nn1C. The second-order valence-corrected chi connectivity index (χ2v) is 6.31.